The van der Waals surface area contributed by atoms with Crippen LogP contribution in [0.5, 0.6) is 0 Å². The standard InChI is InChI=1S/C15H22N4OS.HI/c16-15(19-8-10-21-11-9-19)17-7-6-14(20)18-12-13-4-2-1-3-5-13;/h1-5H,6-12H2,(H2,16,17)(H,18,20);1H. The second kappa shape index (κ2) is 10.7. The second-order valence-corrected chi connectivity index (χ2v) is 6.08. The molecule has 1 aromatic carbocycles. The molecule has 122 valence electrons. The molecule has 1 fully saturated rings. The Morgan fingerprint density at radius 2 is 1.95 bits per heavy atom. The zero-order valence-corrected chi connectivity index (χ0v) is 15.7. The molecule has 0 spiro atoms. The van der Waals surface area contributed by atoms with Gasteiger partial charge in [-0.2, -0.15) is 11.8 Å². The van der Waals surface area contributed by atoms with Crippen LogP contribution in [0, 0.1) is 0 Å². The monoisotopic (exact) mass is 434 g/mol. The van der Waals surface area contributed by atoms with E-state index in [4.69, 9.17) is 5.73 Å². The third-order valence-corrected chi connectivity index (χ3v) is 4.22. The highest BCUT2D eigenvalue weighted by atomic mass is 127. The summed E-state index contributed by atoms with van der Waals surface area (Å²) in [7, 11) is 0. The van der Waals surface area contributed by atoms with Gasteiger partial charge in [0.25, 0.3) is 0 Å². The van der Waals surface area contributed by atoms with Gasteiger partial charge in [0.05, 0.1) is 6.54 Å². The normalized spacial score (nSPS) is 15.1. The molecule has 1 amide bonds. The topological polar surface area (TPSA) is 70.7 Å². The number of benzene rings is 1. The first-order valence-electron chi connectivity index (χ1n) is 7.19. The van der Waals surface area contributed by atoms with Crippen LogP contribution < -0.4 is 11.1 Å². The molecule has 0 bridgehead atoms. The lowest BCUT2D eigenvalue weighted by atomic mass is 10.2. The predicted octanol–water partition coefficient (Wildman–Crippen LogP) is 1.67. The quantitative estimate of drug-likeness (QED) is 0.420. The van der Waals surface area contributed by atoms with Gasteiger partial charge in [0.1, 0.15) is 0 Å². The van der Waals surface area contributed by atoms with Crippen LogP contribution in [0.15, 0.2) is 35.3 Å². The van der Waals surface area contributed by atoms with Gasteiger partial charge in [-0.3, -0.25) is 9.79 Å². The van der Waals surface area contributed by atoms with E-state index in [2.05, 4.69) is 15.2 Å². The van der Waals surface area contributed by atoms with Crippen LogP contribution in [0.25, 0.3) is 0 Å². The Morgan fingerprint density at radius 3 is 2.64 bits per heavy atom. The summed E-state index contributed by atoms with van der Waals surface area (Å²) in [6.07, 6.45) is 0.371. The second-order valence-electron chi connectivity index (χ2n) is 4.85. The molecule has 3 N–H and O–H groups in total. The molecule has 1 saturated heterocycles. The molecule has 0 radical (unpaired) electrons. The maximum Gasteiger partial charge on any atom is 0.222 e. The fourth-order valence-electron chi connectivity index (χ4n) is 2.05. The van der Waals surface area contributed by atoms with Crippen molar-refractivity contribution in [1.82, 2.24) is 10.2 Å². The molecule has 1 aliphatic rings. The number of rotatable bonds is 5. The van der Waals surface area contributed by atoms with Gasteiger partial charge in [0.15, 0.2) is 5.96 Å². The third-order valence-electron chi connectivity index (χ3n) is 3.28. The average molecular weight is 434 g/mol. The van der Waals surface area contributed by atoms with Crippen molar-refractivity contribution in [2.45, 2.75) is 13.0 Å². The average Bonchev–Trinajstić information content (AvgIpc) is 2.54. The number of hydrogen-bond acceptors (Lipinski definition) is 3. The molecular weight excluding hydrogens is 411 g/mol. The molecule has 1 aromatic rings. The highest BCUT2D eigenvalue weighted by Gasteiger charge is 2.11. The number of nitrogens with one attached hydrogen (secondary N) is 1. The molecule has 0 unspecified atom stereocenters. The van der Waals surface area contributed by atoms with Crippen LogP contribution in [-0.4, -0.2) is 47.9 Å². The number of guanidine groups is 1. The lowest BCUT2D eigenvalue weighted by Crippen LogP contribution is -2.42. The predicted molar refractivity (Wildman–Crippen MR) is 104 cm³/mol. The van der Waals surface area contributed by atoms with E-state index in [1.165, 1.54) is 0 Å². The summed E-state index contributed by atoms with van der Waals surface area (Å²) >= 11 is 1.93. The number of thioether (sulfide) groups is 1. The Hall–Kier alpha value is -0.960. The first-order chi connectivity index (χ1) is 10.3. The van der Waals surface area contributed by atoms with E-state index < -0.39 is 0 Å². The summed E-state index contributed by atoms with van der Waals surface area (Å²) in [5, 5.41) is 2.89. The molecule has 0 saturated carbocycles. The van der Waals surface area contributed by atoms with Crippen molar-refractivity contribution < 1.29 is 4.79 Å². The molecule has 1 aliphatic heterocycles. The number of amides is 1. The lowest BCUT2D eigenvalue weighted by molar-refractivity contribution is -0.121. The van der Waals surface area contributed by atoms with Gasteiger partial charge in [0, 0.05) is 37.6 Å². The van der Waals surface area contributed by atoms with Crippen molar-refractivity contribution in [3.05, 3.63) is 35.9 Å². The number of carbonyl (C=O) groups is 1. The van der Waals surface area contributed by atoms with E-state index in [-0.39, 0.29) is 29.9 Å². The lowest BCUT2D eigenvalue weighted by Gasteiger charge is -2.27. The van der Waals surface area contributed by atoms with Gasteiger partial charge in [-0.15, -0.1) is 24.0 Å². The van der Waals surface area contributed by atoms with Gasteiger partial charge in [-0.05, 0) is 5.56 Å². The summed E-state index contributed by atoms with van der Waals surface area (Å²) < 4.78 is 0. The van der Waals surface area contributed by atoms with Crippen molar-refractivity contribution in [2.24, 2.45) is 10.7 Å². The summed E-state index contributed by atoms with van der Waals surface area (Å²) in [4.78, 5) is 18.1. The Kier molecular flexibility index (Phi) is 9.30. The Bertz CT molecular complexity index is 478. The van der Waals surface area contributed by atoms with Crippen molar-refractivity contribution in [1.29, 1.82) is 0 Å². The van der Waals surface area contributed by atoms with Crippen LogP contribution in [0.3, 0.4) is 0 Å². The first kappa shape index (κ1) is 19.1. The minimum atomic E-state index is 0. The number of hydrogen-bond donors (Lipinski definition) is 2. The van der Waals surface area contributed by atoms with E-state index in [0.717, 1.165) is 30.2 Å². The highest BCUT2D eigenvalue weighted by molar-refractivity contribution is 14.0. The van der Waals surface area contributed by atoms with Crippen LogP contribution in [0.2, 0.25) is 0 Å². The van der Waals surface area contributed by atoms with Crippen molar-refractivity contribution in [3.8, 4) is 0 Å². The highest BCUT2D eigenvalue weighted by Crippen LogP contribution is 2.08. The molecule has 1 heterocycles. The summed E-state index contributed by atoms with van der Waals surface area (Å²) in [5.41, 5.74) is 7.03. The maximum absolute atomic E-state index is 11.7. The molecular formula is C15H23IN4OS. The molecule has 0 atom stereocenters. The Balaban J connectivity index is 0.00000242. The molecule has 22 heavy (non-hydrogen) atoms. The minimum Gasteiger partial charge on any atom is -0.370 e. The van der Waals surface area contributed by atoms with Crippen LogP contribution >= 0.6 is 35.7 Å². The van der Waals surface area contributed by atoms with E-state index in [9.17, 15) is 4.79 Å². The van der Waals surface area contributed by atoms with Gasteiger partial charge in [-0.1, -0.05) is 30.3 Å². The molecule has 0 aliphatic carbocycles. The SMILES string of the molecule is I.NC(=NCCC(=O)NCc1ccccc1)N1CCSCC1. The molecule has 7 heteroatoms. The fourth-order valence-corrected chi connectivity index (χ4v) is 2.95. The number of halogens is 1. The third kappa shape index (κ3) is 6.87. The summed E-state index contributed by atoms with van der Waals surface area (Å²) in [6.45, 7) is 2.89. The van der Waals surface area contributed by atoms with Crippen molar-refractivity contribution in [3.63, 3.8) is 0 Å². The van der Waals surface area contributed by atoms with Gasteiger partial charge < -0.3 is 16.0 Å². The van der Waals surface area contributed by atoms with Gasteiger partial charge in [0.2, 0.25) is 5.91 Å². The number of aliphatic imine (C=N–C) groups is 1. The zero-order valence-electron chi connectivity index (χ0n) is 12.5. The molecule has 0 aromatic heterocycles. The van der Waals surface area contributed by atoms with Crippen LogP contribution in [-0.2, 0) is 11.3 Å². The van der Waals surface area contributed by atoms with E-state index in [0.29, 0.717) is 25.5 Å². The zero-order chi connectivity index (χ0) is 14.9. The van der Waals surface area contributed by atoms with Crippen molar-refractivity contribution >= 4 is 47.6 Å². The Morgan fingerprint density at radius 1 is 1.27 bits per heavy atom. The minimum absolute atomic E-state index is 0. The van der Waals surface area contributed by atoms with E-state index >= 15 is 0 Å². The van der Waals surface area contributed by atoms with Crippen LogP contribution in [0.4, 0.5) is 0 Å². The van der Waals surface area contributed by atoms with Gasteiger partial charge in [-0.25, -0.2) is 0 Å². The van der Waals surface area contributed by atoms with E-state index in [1.807, 2.05) is 42.1 Å². The number of carbonyl (C=O) groups excluding carboxylic acids is 1. The summed E-state index contributed by atoms with van der Waals surface area (Å²) in [5.74, 6) is 2.75. The van der Waals surface area contributed by atoms with Gasteiger partial charge >= 0.3 is 0 Å². The van der Waals surface area contributed by atoms with Crippen molar-refractivity contribution in [2.75, 3.05) is 31.1 Å². The largest absolute Gasteiger partial charge is 0.370 e. The fraction of sp³-hybridized carbons (Fsp3) is 0.467. The Labute approximate surface area is 153 Å². The molecule has 5 nitrogen and oxygen atoms in total. The summed E-state index contributed by atoms with van der Waals surface area (Å²) in [6, 6.07) is 9.87. The molecule has 2 rings (SSSR count). The first-order valence-corrected chi connectivity index (χ1v) is 8.34. The maximum atomic E-state index is 11.7. The van der Waals surface area contributed by atoms with E-state index in [1.54, 1.807) is 0 Å². The number of nitrogens with two attached hydrogens (primary N) is 1. The van der Waals surface area contributed by atoms with Crippen LogP contribution in [0.1, 0.15) is 12.0 Å². The number of nitrogens with zero attached hydrogens (tertiary/aromatic N) is 2. The smallest absolute Gasteiger partial charge is 0.222 e.